The third-order valence-corrected chi connectivity index (χ3v) is 4.89. The van der Waals surface area contributed by atoms with E-state index in [9.17, 15) is 5.11 Å². The Hall–Kier alpha value is -0.860. The average Bonchev–Trinajstić information content (AvgIpc) is 3.22. The van der Waals surface area contributed by atoms with Crippen molar-refractivity contribution in [2.24, 2.45) is 11.8 Å². The lowest BCUT2D eigenvalue weighted by Crippen LogP contribution is -2.46. The number of hydrogen-bond acceptors (Lipinski definition) is 2. The summed E-state index contributed by atoms with van der Waals surface area (Å²) < 4.78 is 0. The van der Waals surface area contributed by atoms with Gasteiger partial charge in [0.05, 0.1) is 5.60 Å². The summed E-state index contributed by atoms with van der Waals surface area (Å²) in [4.78, 5) is 0. The summed E-state index contributed by atoms with van der Waals surface area (Å²) in [5, 5.41) is 14.3. The molecule has 2 nitrogen and oxygen atoms in total. The van der Waals surface area contributed by atoms with Crippen LogP contribution in [0.15, 0.2) is 30.3 Å². The van der Waals surface area contributed by atoms with Crippen LogP contribution in [-0.2, 0) is 0 Å². The van der Waals surface area contributed by atoms with E-state index >= 15 is 0 Å². The summed E-state index contributed by atoms with van der Waals surface area (Å²) in [5.74, 6) is 1.44. The summed E-state index contributed by atoms with van der Waals surface area (Å²) >= 11 is 0. The van der Waals surface area contributed by atoms with Crippen LogP contribution < -0.4 is 5.32 Å². The van der Waals surface area contributed by atoms with E-state index in [1.807, 2.05) is 0 Å². The number of benzene rings is 1. The molecule has 0 aromatic heterocycles. The van der Waals surface area contributed by atoms with E-state index < -0.39 is 5.60 Å². The Morgan fingerprint density at radius 1 is 1.28 bits per heavy atom. The summed E-state index contributed by atoms with van der Waals surface area (Å²) in [7, 11) is 0. The molecule has 0 bridgehead atoms. The minimum Gasteiger partial charge on any atom is -0.390 e. The van der Waals surface area contributed by atoms with Gasteiger partial charge in [0.15, 0.2) is 0 Å². The van der Waals surface area contributed by atoms with Crippen molar-refractivity contribution in [1.82, 2.24) is 5.32 Å². The number of hydrogen-bond donors (Lipinski definition) is 2. The second-order valence-electron chi connectivity index (χ2n) is 6.13. The van der Waals surface area contributed by atoms with Crippen molar-refractivity contribution in [2.75, 3.05) is 13.1 Å². The van der Waals surface area contributed by atoms with Gasteiger partial charge in [-0.3, -0.25) is 0 Å². The molecule has 4 unspecified atom stereocenters. The fourth-order valence-corrected chi connectivity index (χ4v) is 3.56. The SMILES string of the molecule is CC(O)(C1CCCNC1)C1CC1c1ccccc1. The van der Waals surface area contributed by atoms with Crippen LogP contribution in [0, 0.1) is 11.8 Å². The third-order valence-electron chi connectivity index (χ3n) is 4.89. The molecule has 1 aromatic rings. The Morgan fingerprint density at radius 2 is 2.06 bits per heavy atom. The molecule has 2 aliphatic rings. The van der Waals surface area contributed by atoms with Gasteiger partial charge in [-0.05, 0) is 50.1 Å². The highest BCUT2D eigenvalue weighted by molar-refractivity contribution is 5.27. The van der Waals surface area contributed by atoms with Crippen LogP contribution in [0.3, 0.4) is 0 Å². The van der Waals surface area contributed by atoms with Crippen molar-refractivity contribution in [2.45, 2.75) is 37.7 Å². The largest absolute Gasteiger partial charge is 0.390 e. The second kappa shape index (κ2) is 4.67. The first kappa shape index (κ1) is 12.2. The van der Waals surface area contributed by atoms with Crippen LogP contribution in [-0.4, -0.2) is 23.8 Å². The Bertz CT molecular complexity index is 395. The minimum absolute atomic E-state index is 0.421. The molecule has 0 spiro atoms. The van der Waals surface area contributed by atoms with Crippen LogP contribution in [0.1, 0.15) is 37.7 Å². The third kappa shape index (κ3) is 2.19. The van der Waals surface area contributed by atoms with Gasteiger partial charge in [-0.25, -0.2) is 0 Å². The normalized spacial score (nSPS) is 34.9. The molecule has 3 rings (SSSR count). The molecule has 4 atom stereocenters. The van der Waals surface area contributed by atoms with Gasteiger partial charge in [0.2, 0.25) is 0 Å². The fraction of sp³-hybridized carbons (Fsp3) is 0.625. The van der Waals surface area contributed by atoms with E-state index in [1.165, 1.54) is 12.0 Å². The standard InChI is InChI=1S/C16H23NO/c1-16(18,13-8-5-9-17-11-13)15-10-14(15)12-6-3-2-4-7-12/h2-4,6-7,13-15,17-18H,5,8-11H2,1H3. The minimum atomic E-state index is -0.506. The molecule has 1 saturated heterocycles. The Kier molecular flexibility index (Phi) is 3.16. The van der Waals surface area contributed by atoms with Gasteiger partial charge < -0.3 is 10.4 Å². The van der Waals surface area contributed by atoms with E-state index in [-0.39, 0.29) is 0 Å². The molecule has 18 heavy (non-hydrogen) atoms. The fourth-order valence-electron chi connectivity index (χ4n) is 3.56. The Balaban J connectivity index is 1.69. The first-order valence-corrected chi connectivity index (χ1v) is 7.17. The van der Waals surface area contributed by atoms with E-state index in [4.69, 9.17) is 0 Å². The maximum Gasteiger partial charge on any atom is 0.0693 e. The van der Waals surface area contributed by atoms with Crippen molar-refractivity contribution in [3.63, 3.8) is 0 Å². The predicted molar refractivity (Wildman–Crippen MR) is 73.5 cm³/mol. The van der Waals surface area contributed by atoms with Gasteiger partial charge in [0.25, 0.3) is 0 Å². The highest BCUT2D eigenvalue weighted by Gasteiger charge is 2.53. The van der Waals surface area contributed by atoms with E-state index in [0.717, 1.165) is 25.9 Å². The molecule has 2 fully saturated rings. The summed E-state index contributed by atoms with van der Waals surface area (Å²) in [6.45, 7) is 4.14. The lowest BCUT2D eigenvalue weighted by molar-refractivity contribution is -0.0320. The molecule has 1 saturated carbocycles. The van der Waals surface area contributed by atoms with E-state index in [0.29, 0.717) is 17.8 Å². The van der Waals surface area contributed by atoms with Crippen molar-refractivity contribution >= 4 is 0 Å². The van der Waals surface area contributed by atoms with Crippen molar-refractivity contribution in [3.8, 4) is 0 Å². The maximum absolute atomic E-state index is 10.9. The van der Waals surface area contributed by atoms with Crippen molar-refractivity contribution in [3.05, 3.63) is 35.9 Å². The van der Waals surface area contributed by atoms with Gasteiger partial charge in [0, 0.05) is 12.5 Å². The summed E-state index contributed by atoms with van der Waals surface area (Å²) in [6, 6.07) is 10.6. The van der Waals surface area contributed by atoms with Gasteiger partial charge in [-0.15, -0.1) is 0 Å². The molecule has 0 amide bonds. The molecule has 0 radical (unpaired) electrons. The molecule has 1 heterocycles. The van der Waals surface area contributed by atoms with Crippen LogP contribution in [0.25, 0.3) is 0 Å². The highest BCUT2D eigenvalue weighted by atomic mass is 16.3. The molecule has 1 aliphatic carbocycles. The average molecular weight is 245 g/mol. The van der Waals surface area contributed by atoms with E-state index in [2.05, 4.69) is 42.6 Å². The first-order valence-electron chi connectivity index (χ1n) is 7.17. The second-order valence-corrected chi connectivity index (χ2v) is 6.13. The van der Waals surface area contributed by atoms with Crippen LogP contribution in [0.2, 0.25) is 0 Å². The van der Waals surface area contributed by atoms with Crippen molar-refractivity contribution in [1.29, 1.82) is 0 Å². The van der Waals surface area contributed by atoms with Gasteiger partial charge in [-0.1, -0.05) is 30.3 Å². The number of piperidine rings is 1. The zero-order chi connectivity index (χ0) is 12.6. The van der Waals surface area contributed by atoms with E-state index in [1.54, 1.807) is 0 Å². The zero-order valence-electron chi connectivity index (χ0n) is 11.1. The molecule has 1 aromatic carbocycles. The zero-order valence-corrected chi connectivity index (χ0v) is 11.1. The molecular formula is C16H23NO. The number of nitrogens with one attached hydrogen (secondary N) is 1. The van der Waals surface area contributed by atoms with Crippen LogP contribution in [0.5, 0.6) is 0 Å². The lowest BCUT2D eigenvalue weighted by atomic mass is 9.79. The van der Waals surface area contributed by atoms with Crippen LogP contribution >= 0.6 is 0 Å². The summed E-state index contributed by atoms with van der Waals surface area (Å²) in [6.07, 6.45) is 3.51. The van der Waals surface area contributed by atoms with Gasteiger partial charge in [-0.2, -0.15) is 0 Å². The monoisotopic (exact) mass is 245 g/mol. The maximum atomic E-state index is 10.9. The lowest BCUT2D eigenvalue weighted by Gasteiger charge is -2.36. The van der Waals surface area contributed by atoms with Gasteiger partial charge in [0.1, 0.15) is 0 Å². The topological polar surface area (TPSA) is 32.3 Å². The predicted octanol–water partition coefficient (Wildman–Crippen LogP) is 2.54. The van der Waals surface area contributed by atoms with Crippen LogP contribution in [0.4, 0.5) is 0 Å². The highest BCUT2D eigenvalue weighted by Crippen LogP contribution is 2.55. The molecule has 98 valence electrons. The summed E-state index contributed by atoms with van der Waals surface area (Å²) in [5.41, 5.74) is 0.889. The molecule has 1 aliphatic heterocycles. The Morgan fingerprint density at radius 3 is 2.72 bits per heavy atom. The smallest absolute Gasteiger partial charge is 0.0693 e. The van der Waals surface area contributed by atoms with Crippen molar-refractivity contribution < 1.29 is 5.11 Å². The molecule has 2 N–H and O–H groups in total. The number of rotatable bonds is 3. The quantitative estimate of drug-likeness (QED) is 0.857. The first-order chi connectivity index (χ1) is 8.69. The molecular weight excluding hydrogens is 222 g/mol. The Labute approximate surface area is 109 Å². The van der Waals surface area contributed by atoms with Gasteiger partial charge >= 0.3 is 0 Å². The molecule has 2 heteroatoms. The number of aliphatic hydroxyl groups is 1.